The second kappa shape index (κ2) is 11.4. The topological polar surface area (TPSA) is 60.8 Å². The molecule has 1 amide bonds. The molecule has 2 aromatic carbocycles. The number of carbonyl (C=O) groups excluding carboxylic acids is 1. The summed E-state index contributed by atoms with van der Waals surface area (Å²) in [5.74, 6) is -0.0584. The fourth-order valence-electron chi connectivity index (χ4n) is 4.82. The summed E-state index contributed by atoms with van der Waals surface area (Å²) in [4.78, 5) is 28.7. The van der Waals surface area contributed by atoms with Gasteiger partial charge in [-0.15, -0.1) is 0 Å². The van der Waals surface area contributed by atoms with Crippen LogP contribution in [0.1, 0.15) is 58.9 Å². The molecule has 2 heterocycles. The number of unbranched alkanes of at least 4 members (excludes halogenated alkanes) is 1. The van der Waals surface area contributed by atoms with Crippen molar-refractivity contribution in [2.45, 2.75) is 38.6 Å². The summed E-state index contributed by atoms with van der Waals surface area (Å²) < 4.78 is 13.3. The molecule has 0 spiro atoms. The van der Waals surface area contributed by atoms with Gasteiger partial charge in [-0.1, -0.05) is 74.0 Å². The fourth-order valence-corrected chi connectivity index (χ4v) is 4.82. The van der Waals surface area contributed by atoms with Gasteiger partial charge in [-0.2, -0.15) is 0 Å². The summed E-state index contributed by atoms with van der Waals surface area (Å²) in [6.07, 6.45) is 3.59. The largest absolute Gasteiger partial charge is 0.487 e. The predicted octanol–water partition coefficient (Wildman–Crippen LogP) is 4.81. The van der Waals surface area contributed by atoms with Crippen molar-refractivity contribution in [3.8, 4) is 5.75 Å². The van der Waals surface area contributed by atoms with E-state index >= 15 is 0 Å². The number of amides is 1. The zero-order valence-electron chi connectivity index (χ0n) is 20.8. The highest BCUT2D eigenvalue weighted by molar-refractivity contribution is 5.96. The van der Waals surface area contributed by atoms with Gasteiger partial charge in [0.05, 0.1) is 19.3 Å². The van der Waals surface area contributed by atoms with E-state index in [0.717, 1.165) is 24.0 Å². The second-order valence-corrected chi connectivity index (χ2v) is 9.04. The van der Waals surface area contributed by atoms with Crippen LogP contribution in [0, 0.1) is 6.92 Å². The van der Waals surface area contributed by atoms with E-state index in [4.69, 9.17) is 9.47 Å². The quantitative estimate of drug-likeness (QED) is 0.396. The smallest absolute Gasteiger partial charge is 0.274 e. The van der Waals surface area contributed by atoms with Crippen LogP contribution in [0.2, 0.25) is 0 Å². The van der Waals surface area contributed by atoms with E-state index in [9.17, 15) is 9.59 Å². The molecule has 0 fully saturated rings. The van der Waals surface area contributed by atoms with Gasteiger partial charge in [-0.3, -0.25) is 9.59 Å². The van der Waals surface area contributed by atoms with E-state index in [2.05, 4.69) is 31.2 Å². The predicted molar refractivity (Wildman–Crippen MR) is 137 cm³/mol. The van der Waals surface area contributed by atoms with Crippen molar-refractivity contribution in [2.24, 2.45) is 0 Å². The molecular formula is C29H34N2O4. The minimum absolute atomic E-state index is 0.0281. The van der Waals surface area contributed by atoms with Crippen LogP contribution in [-0.4, -0.2) is 48.8 Å². The van der Waals surface area contributed by atoms with E-state index in [1.165, 1.54) is 0 Å². The average molecular weight is 475 g/mol. The molecule has 4 rings (SSSR count). The molecule has 1 aromatic heterocycles. The van der Waals surface area contributed by atoms with E-state index in [1.54, 1.807) is 18.9 Å². The number of methoxy groups -OCH3 is 1. The summed E-state index contributed by atoms with van der Waals surface area (Å²) in [7, 11) is 1.63. The number of aromatic nitrogens is 1. The lowest BCUT2D eigenvalue weighted by Gasteiger charge is -2.41. The standard InChI is InChI=1S/C29H34N2O4/c1-4-5-17-35-28-26-29(33)30(16-18-34-3)20-24(31(26)19-21(2)27(28)32)25(22-12-8-6-9-13-22)23-14-10-7-11-15-23/h6-15,19,24-25H,4-5,16-18,20H2,1-3H3/t24-/m1/s1. The zero-order chi connectivity index (χ0) is 24.8. The van der Waals surface area contributed by atoms with Crippen molar-refractivity contribution in [3.63, 3.8) is 0 Å². The van der Waals surface area contributed by atoms with Crippen molar-refractivity contribution in [2.75, 3.05) is 33.4 Å². The SMILES string of the molecule is CCCCOc1c2n(cc(C)c1=O)[C@@H](C(c1ccccc1)c1ccccc1)CN(CCOC)C2=O. The van der Waals surface area contributed by atoms with Crippen LogP contribution in [-0.2, 0) is 4.74 Å². The van der Waals surface area contributed by atoms with Gasteiger partial charge in [0.1, 0.15) is 0 Å². The lowest BCUT2D eigenvalue weighted by molar-refractivity contribution is 0.0580. The van der Waals surface area contributed by atoms with Crippen LogP contribution in [0.3, 0.4) is 0 Å². The molecule has 0 unspecified atom stereocenters. The minimum Gasteiger partial charge on any atom is -0.487 e. The van der Waals surface area contributed by atoms with Crippen LogP contribution >= 0.6 is 0 Å². The highest BCUT2D eigenvalue weighted by Gasteiger charge is 2.39. The van der Waals surface area contributed by atoms with Gasteiger partial charge >= 0.3 is 0 Å². The van der Waals surface area contributed by atoms with Crippen LogP contribution in [0.15, 0.2) is 71.7 Å². The third-order valence-electron chi connectivity index (χ3n) is 6.64. The Morgan fingerprint density at radius 2 is 1.60 bits per heavy atom. The van der Waals surface area contributed by atoms with Crippen molar-refractivity contribution in [1.29, 1.82) is 0 Å². The van der Waals surface area contributed by atoms with Gasteiger partial charge in [0.15, 0.2) is 11.4 Å². The second-order valence-electron chi connectivity index (χ2n) is 9.04. The first-order valence-corrected chi connectivity index (χ1v) is 12.3. The first-order valence-electron chi connectivity index (χ1n) is 12.3. The number of fused-ring (bicyclic) bond motifs is 1. The van der Waals surface area contributed by atoms with Crippen molar-refractivity contribution in [3.05, 3.63) is 99.5 Å². The van der Waals surface area contributed by atoms with Crippen LogP contribution in [0.5, 0.6) is 5.75 Å². The molecule has 0 radical (unpaired) electrons. The van der Waals surface area contributed by atoms with Crippen molar-refractivity contribution >= 4 is 5.91 Å². The molecule has 184 valence electrons. The maximum atomic E-state index is 13.7. The highest BCUT2D eigenvalue weighted by Crippen LogP contribution is 2.40. The Bertz CT molecular complexity index is 1150. The Balaban J connectivity index is 1.92. The lowest BCUT2D eigenvalue weighted by atomic mass is 9.83. The summed E-state index contributed by atoms with van der Waals surface area (Å²) in [6.45, 7) is 5.63. The number of hydrogen-bond acceptors (Lipinski definition) is 4. The van der Waals surface area contributed by atoms with Gasteiger partial charge in [0.2, 0.25) is 5.43 Å². The van der Waals surface area contributed by atoms with Gasteiger partial charge in [0.25, 0.3) is 5.91 Å². The summed E-state index contributed by atoms with van der Waals surface area (Å²) >= 11 is 0. The summed E-state index contributed by atoms with van der Waals surface area (Å²) in [5, 5.41) is 0. The third-order valence-corrected chi connectivity index (χ3v) is 6.64. The van der Waals surface area contributed by atoms with Gasteiger partial charge in [-0.05, 0) is 24.5 Å². The van der Waals surface area contributed by atoms with E-state index in [0.29, 0.717) is 37.6 Å². The molecule has 0 aliphatic carbocycles. The Hall–Kier alpha value is -3.38. The molecule has 1 aliphatic rings. The number of pyridine rings is 1. The Kier molecular flexibility index (Phi) is 8.03. The van der Waals surface area contributed by atoms with Gasteiger partial charge in [-0.25, -0.2) is 0 Å². The fraction of sp³-hybridized carbons (Fsp3) is 0.379. The normalized spacial score (nSPS) is 15.4. The Morgan fingerprint density at radius 1 is 0.971 bits per heavy atom. The number of carbonyl (C=O) groups is 1. The van der Waals surface area contributed by atoms with Crippen molar-refractivity contribution < 1.29 is 14.3 Å². The number of rotatable bonds is 10. The molecule has 6 heteroatoms. The summed E-state index contributed by atoms with van der Waals surface area (Å²) in [6, 6.07) is 20.6. The molecule has 1 aliphatic heterocycles. The molecule has 3 aromatic rings. The first kappa shape index (κ1) is 24.7. The highest BCUT2D eigenvalue weighted by atomic mass is 16.5. The Morgan fingerprint density at radius 3 is 2.17 bits per heavy atom. The molecule has 0 bridgehead atoms. The monoisotopic (exact) mass is 474 g/mol. The van der Waals surface area contributed by atoms with E-state index < -0.39 is 0 Å². The first-order chi connectivity index (χ1) is 17.1. The van der Waals surface area contributed by atoms with Gasteiger partial charge in [0, 0.05) is 37.9 Å². The number of aryl methyl sites for hydroxylation is 1. The van der Waals surface area contributed by atoms with Gasteiger partial charge < -0.3 is 18.9 Å². The Labute approximate surface area is 207 Å². The number of ether oxygens (including phenoxy) is 2. The zero-order valence-corrected chi connectivity index (χ0v) is 20.8. The number of hydrogen-bond donors (Lipinski definition) is 0. The third kappa shape index (κ3) is 5.17. The minimum atomic E-state index is -0.219. The van der Waals surface area contributed by atoms with Crippen molar-refractivity contribution in [1.82, 2.24) is 9.47 Å². The van der Waals surface area contributed by atoms with E-state index in [1.807, 2.05) is 47.2 Å². The molecule has 0 saturated heterocycles. The number of nitrogens with zero attached hydrogens (tertiary/aromatic N) is 2. The molecule has 1 atom stereocenters. The van der Waals surface area contributed by atoms with Crippen LogP contribution < -0.4 is 10.2 Å². The van der Waals surface area contributed by atoms with Crippen LogP contribution in [0.4, 0.5) is 0 Å². The number of benzene rings is 2. The molecule has 35 heavy (non-hydrogen) atoms. The molecule has 6 nitrogen and oxygen atoms in total. The molecular weight excluding hydrogens is 440 g/mol. The maximum Gasteiger partial charge on any atom is 0.274 e. The van der Waals surface area contributed by atoms with Crippen LogP contribution in [0.25, 0.3) is 0 Å². The average Bonchev–Trinajstić information content (AvgIpc) is 2.88. The maximum absolute atomic E-state index is 13.7. The summed E-state index contributed by atoms with van der Waals surface area (Å²) in [5.41, 5.74) is 2.99. The van der Waals surface area contributed by atoms with E-state index in [-0.39, 0.29) is 29.0 Å². The molecule has 0 N–H and O–H groups in total. The molecule has 0 saturated carbocycles. The lowest BCUT2D eigenvalue weighted by Crippen LogP contribution is -2.47.